The second kappa shape index (κ2) is 4.52. The molecule has 2 aliphatic rings. The number of carbonyl (C=O) groups is 1. The van der Waals surface area contributed by atoms with E-state index in [0.717, 1.165) is 25.4 Å². The zero-order valence-electron chi connectivity index (χ0n) is 9.83. The molecular formula is C12H22N2O. The minimum atomic E-state index is 0.114. The molecule has 1 heterocycles. The van der Waals surface area contributed by atoms with E-state index < -0.39 is 0 Å². The van der Waals surface area contributed by atoms with E-state index in [1.54, 1.807) is 0 Å². The fourth-order valence-electron chi connectivity index (χ4n) is 2.54. The van der Waals surface area contributed by atoms with Crippen LogP contribution in [0.4, 0.5) is 0 Å². The molecule has 0 aromatic carbocycles. The molecule has 3 heteroatoms. The average molecular weight is 210 g/mol. The summed E-state index contributed by atoms with van der Waals surface area (Å²) >= 11 is 0. The lowest BCUT2D eigenvalue weighted by Crippen LogP contribution is -2.32. The van der Waals surface area contributed by atoms with Crippen LogP contribution in [0.1, 0.15) is 46.0 Å². The number of nitrogens with one attached hydrogen (secondary N) is 1. The molecule has 0 aromatic rings. The zero-order chi connectivity index (χ0) is 10.8. The quantitative estimate of drug-likeness (QED) is 0.749. The lowest BCUT2D eigenvalue weighted by atomic mass is 10.1. The predicted octanol–water partition coefficient (Wildman–Crippen LogP) is 1.73. The SMILES string of the molecule is CCCCC1NCN(C2CC2CC)C1=O. The van der Waals surface area contributed by atoms with Gasteiger partial charge in [-0.25, -0.2) is 0 Å². The van der Waals surface area contributed by atoms with Crippen molar-refractivity contribution in [2.45, 2.75) is 58.0 Å². The molecule has 1 aliphatic heterocycles. The average Bonchev–Trinajstić information content (AvgIpc) is 2.94. The lowest BCUT2D eigenvalue weighted by molar-refractivity contribution is -0.129. The topological polar surface area (TPSA) is 32.3 Å². The van der Waals surface area contributed by atoms with Gasteiger partial charge < -0.3 is 4.90 Å². The summed E-state index contributed by atoms with van der Waals surface area (Å²) in [5, 5.41) is 3.33. The van der Waals surface area contributed by atoms with Crippen LogP contribution in [0.2, 0.25) is 0 Å². The first-order valence-electron chi connectivity index (χ1n) is 6.31. The summed E-state index contributed by atoms with van der Waals surface area (Å²) < 4.78 is 0. The fourth-order valence-corrected chi connectivity index (χ4v) is 2.54. The monoisotopic (exact) mass is 210 g/mol. The molecule has 3 atom stereocenters. The minimum absolute atomic E-state index is 0.114. The number of carbonyl (C=O) groups excluding carboxylic acids is 1. The van der Waals surface area contributed by atoms with E-state index >= 15 is 0 Å². The van der Waals surface area contributed by atoms with Crippen LogP contribution in [0, 0.1) is 5.92 Å². The molecule has 1 N–H and O–H groups in total. The van der Waals surface area contributed by atoms with Crippen LogP contribution < -0.4 is 5.32 Å². The van der Waals surface area contributed by atoms with Gasteiger partial charge in [-0.1, -0.05) is 33.1 Å². The van der Waals surface area contributed by atoms with Crippen molar-refractivity contribution >= 4 is 5.91 Å². The van der Waals surface area contributed by atoms with E-state index in [4.69, 9.17) is 0 Å². The number of hydrogen-bond acceptors (Lipinski definition) is 2. The maximum Gasteiger partial charge on any atom is 0.241 e. The van der Waals surface area contributed by atoms with Crippen molar-refractivity contribution in [3.8, 4) is 0 Å². The van der Waals surface area contributed by atoms with E-state index in [9.17, 15) is 4.79 Å². The van der Waals surface area contributed by atoms with Crippen LogP contribution in [0.25, 0.3) is 0 Å². The Morgan fingerprint density at radius 1 is 1.47 bits per heavy atom. The van der Waals surface area contributed by atoms with Gasteiger partial charge in [0.1, 0.15) is 0 Å². The summed E-state index contributed by atoms with van der Waals surface area (Å²) in [5.41, 5.74) is 0. The van der Waals surface area contributed by atoms with Crippen molar-refractivity contribution in [2.75, 3.05) is 6.67 Å². The van der Waals surface area contributed by atoms with Crippen LogP contribution in [0.5, 0.6) is 0 Å². The summed E-state index contributed by atoms with van der Waals surface area (Å²) in [6, 6.07) is 0.671. The zero-order valence-corrected chi connectivity index (χ0v) is 9.83. The molecule has 0 bridgehead atoms. The predicted molar refractivity (Wildman–Crippen MR) is 60.3 cm³/mol. The molecule has 1 amide bonds. The molecule has 15 heavy (non-hydrogen) atoms. The standard InChI is InChI=1S/C12H22N2O/c1-3-5-6-10-12(15)14(8-13-10)11-7-9(11)4-2/h9-11,13H,3-8H2,1-2H3. The molecule has 1 aliphatic carbocycles. The Labute approximate surface area is 92.2 Å². The molecule has 3 nitrogen and oxygen atoms in total. The summed E-state index contributed by atoms with van der Waals surface area (Å²) in [4.78, 5) is 14.1. The molecule has 86 valence electrons. The minimum Gasteiger partial charge on any atom is -0.325 e. The van der Waals surface area contributed by atoms with Crippen molar-refractivity contribution < 1.29 is 4.79 Å². The van der Waals surface area contributed by atoms with Crippen LogP contribution in [0.3, 0.4) is 0 Å². The van der Waals surface area contributed by atoms with Gasteiger partial charge in [-0.3, -0.25) is 10.1 Å². The van der Waals surface area contributed by atoms with Gasteiger partial charge in [0.15, 0.2) is 0 Å². The van der Waals surface area contributed by atoms with Crippen LogP contribution in [0.15, 0.2) is 0 Å². The maximum absolute atomic E-state index is 12.0. The van der Waals surface area contributed by atoms with E-state index in [-0.39, 0.29) is 6.04 Å². The normalized spacial score (nSPS) is 34.9. The van der Waals surface area contributed by atoms with Gasteiger partial charge in [0.05, 0.1) is 12.7 Å². The Morgan fingerprint density at radius 3 is 2.87 bits per heavy atom. The Kier molecular flexibility index (Phi) is 3.29. The lowest BCUT2D eigenvalue weighted by Gasteiger charge is -2.15. The van der Waals surface area contributed by atoms with Crippen molar-refractivity contribution in [3.05, 3.63) is 0 Å². The largest absolute Gasteiger partial charge is 0.325 e. The third-order valence-electron chi connectivity index (χ3n) is 3.75. The first-order chi connectivity index (χ1) is 7.27. The molecule has 0 aromatic heterocycles. The van der Waals surface area contributed by atoms with Crippen molar-refractivity contribution in [1.29, 1.82) is 0 Å². The van der Waals surface area contributed by atoms with Crippen LogP contribution in [-0.4, -0.2) is 29.6 Å². The molecule has 2 rings (SSSR count). The van der Waals surface area contributed by atoms with Gasteiger partial charge in [0.25, 0.3) is 0 Å². The Morgan fingerprint density at radius 2 is 2.27 bits per heavy atom. The van der Waals surface area contributed by atoms with Crippen molar-refractivity contribution in [1.82, 2.24) is 10.2 Å². The highest BCUT2D eigenvalue weighted by Crippen LogP contribution is 2.39. The van der Waals surface area contributed by atoms with Crippen LogP contribution >= 0.6 is 0 Å². The van der Waals surface area contributed by atoms with Gasteiger partial charge in [-0.15, -0.1) is 0 Å². The maximum atomic E-state index is 12.0. The molecule has 0 radical (unpaired) electrons. The van der Waals surface area contributed by atoms with Gasteiger partial charge in [0, 0.05) is 6.04 Å². The van der Waals surface area contributed by atoms with Gasteiger partial charge in [0.2, 0.25) is 5.91 Å². The van der Waals surface area contributed by atoms with Crippen molar-refractivity contribution in [2.24, 2.45) is 5.92 Å². The molecule has 1 saturated heterocycles. The Bertz CT molecular complexity index is 242. The third kappa shape index (κ3) is 2.17. The highest BCUT2D eigenvalue weighted by atomic mass is 16.2. The number of nitrogens with zero attached hydrogens (tertiary/aromatic N) is 1. The number of amides is 1. The molecular weight excluding hydrogens is 188 g/mol. The Balaban J connectivity index is 1.82. The van der Waals surface area contributed by atoms with Gasteiger partial charge >= 0.3 is 0 Å². The van der Waals surface area contributed by atoms with E-state index in [2.05, 4.69) is 24.1 Å². The number of unbranched alkanes of at least 4 members (excludes halogenated alkanes) is 1. The molecule has 2 fully saturated rings. The fraction of sp³-hybridized carbons (Fsp3) is 0.917. The smallest absolute Gasteiger partial charge is 0.241 e. The summed E-state index contributed by atoms with van der Waals surface area (Å²) in [7, 11) is 0. The van der Waals surface area contributed by atoms with Gasteiger partial charge in [-0.2, -0.15) is 0 Å². The first-order valence-corrected chi connectivity index (χ1v) is 6.31. The Hall–Kier alpha value is -0.570. The highest BCUT2D eigenvalue weighted by Gasteiger charge is 2.46. The number of hydrogen-bond donors (Lipinski definition) is 1. The van der Waals surface area contributed by atoms with E-state index in [1.807, 2.05) is 0 Å². The summed E-state index contributed by atoms with van der Waals surface area (Å²) in [6.45, 7) is 5.17. The van der Waals surface area contributed by atoms with Crippen molar-refractivity contribution in [3.63, 3.8) is 0 Å². The van der Waals surface area contributed by atoms with Gasteiger partial charge in [-0.05, 0) is 18.8 Å². The van der Waals surface area contributed by atoms with Crippen LogP contribution in [-0.2, 0) is 4.79 Å². The number of rotatable bonds is 5. The first kappa shape index (κ1) is 10.9. The molecule has 1 saturated carbocycles. The molecule has 0 spiro atoms. The summed E-state index contributed by atoms with van der Waals surface area (Å²) in [6.07, 6.45) is 5.78. The second-order valence-electron chi connectivity index (χ2n) is 4.84. The van der Waals surface area contributed by atoms with E-state index in [1.165, 1.54) is 19.3 Å². The second-order valence-corrected chi connectivity index (χ2v) is 4.84. The van der Waals surface area contributed by atoms with E-state index in [0.29, 0.717) is 11.9 Å². The highest BCUT2D eigenvalue weighted by molar-refractivity contribution is 5.84. The third-order valence-corrected chi connectivity index (χ3v) is 3.75. The molecule has 3 unspecified atom stereocenters. The summed E-state index contributed by atoms with van der Waals surface area (Å²) in [5.74, 6) is 1.13.